The average molecular weight is 436 g/mol. The van der Waals surface area contributed by atoms with E-state index in [1.165, 1.54) is 35.6 Å². The predicted molar refractivity (Wildman–Crippen MR) is 107 cm³/mol. The topological polar surface area (TPSA) is 116 Å². The summed E-state index contributed by atoms with van der Waals surface area (Å²) in [5.74, 6) is -0.210. The van der Waals surface area contributed by atoms with Crippen molar-refractivity contribution in [3.8, 4) is 0 Å². The third-order valence-corrected chi connectivity index (χ3v) is 6.33. The largest absolute Gasteiger partial charge is 0.454 e. The maximum Gasteiger partial charge on any atom is 0.338 e. The minimum atomic E-state index is -3.76. The Morgan fingerprint density at radius 1 is 1.28 bits per heavy atom. The fraction of sp³-hybridized carbons (Fsp3) is 0.333. The van der Waals surface area contributed by atoms with E-state index in [-0.39, 0.29) is 23.6 Å². The summed E-state index contributed by atoms with van der Waals surface area (Å²) < 4.78 is 34.4. The summed E-state index contributed by atoms with van der Waals surface area (Å²) in [6, 6.07) is 9.42. The SMILES string of the molecule is CCCCn1nnnc1COC(=O)c1cccc(S(=O)(=O)NCc2cccs2)c1. The normalized spacial score (nSPS) is 11.5. The Labute approximate surface area is 172 Å². The van der Waals surface area contributed by atoms with Gasteiger partial charge in [-0.2, -0.15) is 0 Å². The van der Waals surface area contributed by atoms with Gasteiger partial charge < -0.3 is 4.74 Å². The molecular weight excluding hydrogens is 414 g/mol. The van der Waals surface area contributed by atoms with Gasteiger partial charge in [0.05, 0.1) is 10.5 Å². The molecule has 154 valence electrons. The second-order valence-electron chi connectivity index (χ2n) is 6.18. The number of unbranched alkanes of at least 4 members (excludes halogenated alkanes) is 1. The summed E-state index contributed by atoms with van der Waals surface area (Å²) in [6.45, 7) is 2.79. The van der Waals surface area contributed by atoms with Gasteiger partial charge >= 0.3 is 5.97 Å². The smallest absolute Gasteiger partial charge is 0.338 e. The monoisotopic (exact) mass is 435 g/mol. The lowest BCUT2D eigenvalue weighted by molar-refractivity contribution is 0.0456. The van der Waals surface area contributed by atoms with Gasteiger partial charge in [-0.15, -0.1) is 16.4 Å². The van der Waals surface area contributed by atoms with Crippen LogP contribution in [0.1, 0.15) is 40.8 Å². The molecule has 0 aliphatic heterocycles. The van der Waals surface area contributed by atoms with Crippen molar-refractivity contribution in [3.05, 3.63) is 58.0 Å². The van der Waals surface area contributed by atoms with Crippen LogP contribution in [0, 0.1) is 0 Å². The Morgan fingerprint density at radius 2 is 2.14 bits per heavy atom. The molecule has 29 heavy (non-hydrogen) atoms. The molecule has 0 aliphatic carbocycles. The summed E-state index contributed by atoms with van der Waals surface area (Å²) in [7, 11) is -3.76. The third kappa shape index (κ3) is 5.68. The minimum absolute atomic E-state index is 0.00344. The molecule has 0 spiro atoms. The number of aromatic nitrogens is 4. The van der Waals surface area contributed by atoms with E-state index in [1.807, 2.05) is 17.5 Å². The van der Waals surface area contributed by atoms with Gasteiger partial charge in [-0.3, -0.25) is 0 Å². The summed E-state index contributed by atoms with van der Waals surface area (Å²) >= 11 is 1.46. The number of rotatable bonds is 10. The van der Waals surface area contributed by atoms with Gasteiger partial charge in [0.15, 0.2) is 12.4 Å². The molecule has 3 aromatic rings. The molecule has 1 aromatic carbocycles. The van der Waals surface area contributed by atoms with Crippen LogP contribution in [0.4, 0.5) is 0 Å². The van der Waals surface area contributed by atoms with Crippen molar-refractivity contribution in [1.82, 2.24) is 24.9 Å². The number of nitrogens with zero attached hydrogens (tertiary/aromatic N) is 4. The Morgan fingerprint density at radius 3 is 2.90 bits per heavy atom. The molecule has 0 atom stereocenters. The van der Waals surface area contributed by atoms with Crippen molar-refractivity contribution < 1.29 is 17.9 Å². The van der Waals surface area contributed by atoms with E-state index >= 15 is 0 Å². The highest BCUT2D eigenvalue weighted by Gasteiger charge is 2.18. The predicted octanol–water partition coefficient (Wildman–Crippen LogP) is 2.37. The number of thiophene rings is 1. The number of hydrogen-bond acceptors (Lipinski definition) is 8. The minimum Gasteiger partial charge on any atom is -0.454 e. The summed E-state index contributed by atoms with van der Waals surface area (Å²) in [5, 5.41) is 13.2. The summed E-state index contributed by atoms with van der Waals surface area (Å²) in [5.41, 5.74) is 0.136. The fourth-order valence-electron chi connectivity index (χ4n) is 2.47. The first-order valence-electron chi connectivity index (χ1n) is 9.04. The van der Waals surface area contributed by atoms with Crippen molar-refractivity contribution in [2.75, 3.05) is 0 Å². The van der Waals surface area contributed by atoms with Gasteiger partial charge in [0.25, 0.3) is 0 Å². The van der Waals surface area contributed by atoms with E-state index in [4.69, 9.17) is 4.74 Å². The van der Waals surface area contributed by atoms with Crippen LogP contribution in [-0.2, 0) is 34.5 Å². The van der Waals surface area contributed by atoms with E-state index in [9.17, 15) is 13.2 Å². The number of aryl methyl sites for hydroxylation is 1. The zero-order valence-corrected chi connectivity index (χ0v) is 17.4. The summed E-state index contributed by atoms with van der Waals surface area (Å²) in [6.07, 6.45) is 1.89. The lowest BCUT2D eigenvalue weighted by Crippen LogP contribution is -2.23. The molecule has 0 aliphatic rings. The molecule has 0 bridgehead atoms. The second kappa shape index (κ2) is 9.72. The Balaban J connectivity index is 1.64. The molecular formula is C18H21N5O4S2. The highest BCUT2D eigenvalue weighted by atomic mass is 32.2. The highest BCUT2D eigenvalue weighted by Crippen LogP contribution is 2.15. The standard InChI is InChI=1S/C18H21N5O4S2/c1-2-3-9-23-17(20-21-22-23)13-27-18(24)14-6-4-8-16(11-14)29(25,26)19-12-15-7-5-10-28-15/h4-8,10-11,19H,2-3,9,12-13H2,1H3. The molecule has 2 heterocycles. The molecule has 9 nitrogen and oxygen atoms in total. The van der Waals surface area contributed by atoms with Crippen molar-refractivity contribution in [1.29, 1.82) is 0 Å². The van der Waals surface area contributed by atoms with Crippen molar-refractivity contribution in [2.24, 2.45) is 0 Å². The zero-order chi connectivity index (χ0) is 20.7. The van der Waals surface area contributed by atoms with E-state index in [0.717, 1.165) is 17.7 Å². The lowest BCUT2D eigenvalue weighted by Gasteiger charge is -2.08. The maximum absolute atomic E-state index is 12.5. The number of tetrazole rings is 1. The van der Waals surface area contributed by atoms with E-state index < -0.39 is 16.0 Å². The van der Waals surface area contributed by atoms with Crippen LogP contribution >= 0.6 is 11.3 Å². The lowest BCUT2D eigenvalue weighted by atomic mass is 10.2. The molecule has 3 rings (SSSR count). The van der Waals surface area contributed by atoms with Gasteiger partial charge in [0.2, 0.25) is 10.0 Å². The molecule has 0 fully saturated rings. The van der Waals surface area contributed by atoms with Crippen molar-refractivity contribution in [2.45, 2.75) is 44.4 Å². The average Bonchev–Trinajstić information content (AvgIpc) is 3.41. The van der Waals surface area contributed by atoms with Gasteiger partial charge in [-0.05, 0) is 46.5 Å². The summed E-state index contributed by atoms with van der Waals surface area (Å²) in [4.78, 5) is 13.3. The van der Waals surface area contributed by atoms with Gasteiger partial charge in [0.1, 0.15) is 0 Å². The molecule has 11 heteroatoms. The number of hydrogen-bond donors (Lipinski definition) is 1. The molecule has 2 aromatic heterocycles. The molecule has 1 N–H and O–H groups in total. The van der Waals surface area contributed by atoms with Crippen LogP contribution < -0.4 is 4.72 Å². The Bertz CT molecular complexity index is 1050. The Kier molecular flexibility index (Phi) is 7.07. The molecule has 0 amide bonds. The van der Waals surface area contributed by atoms with Gasteiger partial charge in [0, 0.05) is 18.0 Å². The molecule has 0 radical (unpaired) electrons. The number of carbonyl (C=O) groups is 1. The zero-order valence-electron chi connectivity index (χ0n) is 15.8. The number of esters is 1. The third-order valence-electron chi connectivity index (χ3n) is 4.06. The van der Waals surface area contributed by atoms with Crippen molar-refractivity contribution >= 4 is 27.3 Å². The maximum atomic E-state index is 12.5. The van der Waals surface area contributed by atoms with Crippen LogP contribution in [0.15, 0.2) is 46.7 Å². The number of nitrogens with one attached hydrogen (secondary N) is 1. The molecule has 0 saturated carbocycles. The first-order valence-corrected chi connectivity index (χ1v) is 11.4. The van der Waals surface area contributed by atoms with Crippen LogP contribution in [0.2, 0.25) is 0 Å². The first kappa shape index (κ1) is 21.1. The van der Waals surface area contributed by atoms with Crippen molar-refractivity contribution in [3.63, 3.8) is 0 Å². The van der Waals surface area contributed by atoms with E-state index in [2.05, 4.69) is 27.2 Å². The van der Waals surface area contributed by atoms with Crippen LogP contribution in [-0.4, -0.2) is 34.6 Å². The first-order chi connectivity index (χ1) is 14.0. The number of sulfonamides is 1. The number of carbonyl (C=O) groups excluding carboxylic acids is 1. The van der Waals surface area contributed by atoms with E-state index in [0.29, 0.717) is 12.4 Å². The van der Waals surface area contributed by atoms with Crippen LogP contribution in [0.3, 0.4) is 0 Å². The second-order valence-corrected chi connectivity index (χ2v) is 8.98. The number of benzene rings is 1. The van der Waals surface area contributed by atoms with Gasteiger partial charge in [-0.1, -0.05) is 25.5 Å². The van der Waals surface area contributed by atoms with Crippen LogP contribution in [0.25, 0.3) is 0 Å². The quantitative estimate of drug-likeness (QED) is 0.486. The molecule has 0 unspecified atom stereocenters. The van der Waals surface area contributed by atoms with Gasteiger partial charge in [-0.25, -0.2) is 22.6 Å². The highest BCUT2D eigenvalue weighted by molar-refractivity contribution is 7.89. The molecule has 0 saturated heterocycles. The number of ether oxygens (including phenoxy) is 1. The fourth-order valence-corrected chi connectivity index (χ4v) is 4.26. The Hall–Kier alpha value is -2.63. The van der Waals surface area contributed by atoms with Crippen LogP contribution in [0.5, 0.6) is 0 Å². The van der Waals surface area contributed by atoms with E-state index in [1.54, 1.807) is 4.68 Å².